The lowest BCUT2D eigenvalue weighted by molar-refractivity contribution is 0.102. The molecular weight excluding hydrogens is 318 g/mol. The predicted octanol–water partition coefficient (Wildman–Crippen LogP) is 3.14. The van der Waals surface area contributed by atoms with Crippen LogP contribution in [0.2, 0.25) is 0 Å². The number of carbonyl (C=O) groups is 1. The SMILES string of the molecule is N#Cc1ccc(C(=O)Nc2ccc(CCBr)cc2)nc1. The van der Waals surface area contributed by atoms with Gasteiger partial charge in [0, 0.05) is 17.2 Å². The molecule has 5 heteroatoms. The number of benzene rings is 1. The summed E-state index contributed by atoms with van der Waals surface area (Å²) in [5.41, 5.74) is 2.64. The van der Waals surface area contributed by atoms with Crippen LogP contribution in [-0.2, 0) is 6.42 Å². The number of aromatic nitrogens is 1. The van der Waals surface area contributed by atoms with Gasteiger partial charge in [-0.05, 0) is 36.2 Å². The second-order valence-corrected chi connectivity index (χ2v) is 4.93. The van der Waals surface area contributed by atoms with E-state index in [1.54, 1.807) is 6.07 Å². The van der Waals surface area contributed by atoms with Crippen molar-refractivity contribution in [3.05, 3.63) is 59.4 Å². The summed E-state index contributed by atoms with van der Waals surface area (Å²) < 4.78 is 0. The number of aryl methyl sites for hydroxylation is 1. The van der Waals surface area contributed by atoms with Crippen LogP contribution in [0.1, 0.15) is 21.6 Å². The first-order chi connectivity index (χ1) is 9.72. The van der Waals surface area contributed by atoms with Crippen molar-refractivity contribution in [3.8, 4) is 6.07 Å². The van der Waals surface area contributed by atoms with Gasteiger partial charge in [-0.25, -0.2) is 4.98 Å². The van der Waals surface area contributed by atoms with Crippen molar-refractivity contribution in [2.45, 2.75) is 6.42 Å². The van der Waals surface area contributed by atoms with Crippen molar-refractivity contribution in [1.29, 1.82) is 5.26 Å². The number of alkyl halides is 1. The summed E-state index contributed by atoms with van der Waals surface area (Å²) in [7, 11) is 0. The van der Waals surface area contributed by atoms with E-state index in [0.717, 1.165) is 17.4 Å². The zero-order chi connectivity index (χ0) is 14.4. The van der Waals surface area contributed by atoms with Gasteiger partial charge in [-0.1, -0.05) is 28.1 Å². The molecule has 100 valence electrons. The zero-order valence-corrected chi connectivity index (χ0v) is 12.2. The molecule has 20 heavy (non-hydrogen) atoms. The molecule has 0 bridgehead atoms. The standard InChI is InChI=1S/C15H12BrN3O/c16-8-7-11-1-4-13(5-2-11)19-15(20)14-6-3-12(9-17)10-18-14/h1-6,10H,7-8H2,(H,19,20). The van der Waals surface area contributed by atoms with Gasteiger partial charge in [0.1, 0.15) is 11.8 Å². The van der Waals surface area contributed by atoms with E-state index in [0.29, 0.717) is 5.56 Å². The van der Waals surface area contributed by atoms with Crippen LogP contribution in [0.5, 0.6) is 0 Å². The summed E-state index contributed by atoms with van der Waals surface area (Å²) in [6, 6.07) is 12.7. The van der Waals surface area contributed by atoms with Crippen molar-refractivity contribution in [3.63, 3.8) is 0 Å². The molecule has 2 aromatic rings. The van der Waals surface area contributed by atoms with Crippen molar-refractivity contribution in [1.82, 2.24) is 4.98 Å². The molecule has 0 spiro atoms. The number of nitrogens with zero attached hydrogens (tertiary/aromatic N) is 2. The van der Waals surface area contributed by atoms with Crippen LogP contribution < -0.4 is 5.32 Å². The largest absolute Gasteiger partial charge is 0.321 e. The van der Waals surface area contributed by atoms with Gasteiger partial charge in [0.2, 0.25) is 0 Å². The minimum absolute atomic E-state index is 0.286. The third kappa shape index (κ3) is 3.65. The molecule has 0 unspecified atom stereocenters. The Hall–Kier alpha value is -2.19. The summed E-state index contributed by atoms with van der Waals surface area (Å²) >= 11 is 3.39. The number of halogens is 1. The van der Waals surface area contributed by atoms with E-state index in [4.69, 9.17) is 5.26 Å². The molecular formula is C15H12BrN3O. The predicted molar refractivity (Wildman–Crippen MR) is 80.8 cm³/mol. The highest BCUT2D eigenvalue weighted by Crippen LogP contribution is 2.12. The number of rotatable bonds is 4. The number of nitriles is 1. The molecule has 0 saturated heterocycles. The molecule has 4 nitrogen and oxygen atoms in total. The maximum atomic E-state index is 12.0. The summed E-state index contributed by atoms with van der Waals surface area (Å²) in [6.07, 6.45) is 2.33. The highest BCUT2D eigenvalue weighted by molar-refractivity contribution is 9.09. The van der Waals surface area contributed by atoms with Gasteiger partial charge in [-0.3, -0.25) is 4.79 Å². The van der Waals surface area contributed by atoms with E-state index >= 15 is 0 Å². The van der Waals surface area contributed by atoms with Crippen LogP contribution in [0, 0.1) is 11.3 Å². The molecule has 0 atom stereocenters. The number of hydrogen-bond acceptors (Lipinski definition) is 3. The Balaban J connectivity index is 2.05. The quantitative estimate of drug-likeness (QED) is 0.876. The molecule has 0 saturated carbocycles. The zero-order valence-electron chi connectivity index (χ0n) is 10.6. The normalized spacial score (nSPS) is 9.80. The van der Waals surface area contributed by atoms with E-state index in [1.807, 2.05) is 30.3 Å². The van der Waals surface area contributed by atoms with E-state index in [9.17, 15) is 4.79 Å². The number of amides is 1. The lowest BCUT2D eigenvalue weighted by Gasteiger charge is -2.05. The van der Waals surface area contributed by atoms with Crippen LogP contribution in [0.4, 0.5) is 5.69 Å². The van der Waals surface area contributed by atoms with Gasteiger partial charge in [-0.15, -0.1) is 0 Å². The maximum absolute atomic E-state index is 12.0. The minimum atomic E-state index is -0.289. The Labute approximate surface area is 125 Å². The average Bonchev–Trinajstić information content (AvgIpc) is 2.49. The molecule has 0 radical (unpaired) electrons. The van der Waals surface area contributed by atoms with Gasteiger partial charge >= 0.3 is 0 Å². The fraction of sp³-hybridized carbons (Fsp3) is 0.133. The average molecular weight is 330 g/mol. The fourth-order valence-electron chi connectivity index (χ4n) is 1.65. The second-order valence-electron chi connectivity index (χ2n) is 4.13. The van der Waals surface area contributed by atoms with Crippen molar-refractivity contribution in [2.24, 2.45) is 0 Å². The molecule has 1 heterocycles. The first kappa shape index (κ1) is 14.2. The van der Waals surface area contributed by atoms with Crippen molar-refractivity contribution < 1.29 is 4.79 Å². The molecule has 0 aliphatic rings. The Morgan fingerprint density at radius 1 is 1.25 bits per heavy atom. The van der Waals surface area contributed by atoms with Gasteiger partial charge in [0.15, 0.2) is 0 Å². The number of hydrogen-bond donors (Lipinski definition) is 1. The van der Waals surface area contributed by atoms with Gasteiger partial charge < -0.3 is 5.32 Å². The molecule has 0 aliphatic carbocycles. The summed E-state index contributed by atoms with van der Waals surface area (Å²) in [5.74, 6) is -0.289. The van der Waals surface area contributed by atoms with E-state index in [-0.39, 0.29) is 11.6 Å². The lowest BCUT2D eigenvalue weighted by atomic mass is 10.1. The van der Waals surface area contributed by atoms with E-state index < -0.39 is 0 Å². The Morgan fingerprint density at radius 2 is 2.00 bits per heavy atom. The van der Waals surface area contributed by atoms with E-state index in [1.165, 1.54) is 17.8 Å². The Kier molecular flexibility index (Phi) is 4.85. The number of anilines is 1. The molecule has 1 N–H and O–H groups in total. The Bertz CT molecular complexity index is 630. The maximum Gasteiger partial charge on any atom is 0.274 e. The molecule has 0 fully saturated rings. The van der Waals surface area contributed by atoms with Gasteiger partial charge in [0.25, 0.3) is 5.91 Å². The van der Waals surface area contributed by atoms with E-state index in [2.05, 4.69) is 26.2 Å². The second kappa shape index (κ2) is 6.83. The summed E-state index contributed by atoms with van der Waals surface area (Å²) in [6.45, 7) is 0. The van der Waals surface area contributed by atoms with Crippen LogP contribution in [-0.4, -0.2) is 16.2 Å². The van der Waals surface area contributed by atoms with Gasteiger partial charge in [0.05, 0.1) is 5.56 Å². The molecule has 1 aromatic heterocycles. The van der Waals surface area contributed by atoms with Crippen LogP contribution in [0.25, 0.3) is 0 Å². The summed E-state index contributed by atoms with van der Waals surface area (Å²) in [5, 5.41) is 12.4. The smallest absolute Gasteiger partial charge is 0.274 e. The topological polar surface area (TPSA) is 65.8 Å². The van der Waals surface area contributed by atoms with Crippen LogP contribution in [0.3, 0.4) is 0 Å². The van der Waals surface area contributed by atoms with Crippen molar-refractivity contribution in [2.75, 3.05) is 10.6 Å². The molecule has 1 amide bonds. The van der Waals surface area contributed by atoms with Gasteiger partial charge in [-0.2, -0.15) is 5.26 Å². The fourth-order valence-corrected chi connectivity index (χ4v) is 2.11. The number of carbonyl (C=O) groups excluding carboxylic acids is 1. The lowest BCUT2D eigenvalue weighted by Crippen LogP contribution is -2.13. The summed E-state index contributed by atoms with van der Waals surface area (Å²) in [4.78, 5) is 15.9. The molecule has 0 aliphatic heterocycles. The van der Waals surface area contributed by atoms with Crippen molar-refractivity contribution >= 4 is 27.5 Å². The first-order valence-corrected chi connectivity index (χ1v) is 7.17. The third-order valence-electron chi connectivity index (χ3n) is 2.72. The Morgan fingerprint density at radius 3 is 2.55 bits per heavy atom. The van der Waals surface area contributed by atoms with Crippen LogP contribution in [0.15, 0.2) is 42.6 Å². The highest BCUT2D eigenvalue weighted by Gasteiger charge is 2.07. The number of pyridine rings is 1. The third-order valence-corrected chi connectivity index (χ3v) is 3.12. The first-order valence-electron chi connectivity index (χ1n) is 6.05. The monoisotopic (exact) mass is 329 g/mol. The molecule has 2 rings (SSSR count). The van der Waals surface area contributed by atoms with Crippen LogP contribution >= 0.6 is 15.9 Å². The highest BCUT2D eigenvalue weighted by atomic mass is 79.9. The number of nitrogens with one attached hydrogen (secondary N) is 1. The minimum Gasteiger partial charge on any atom is -0.321 e. The molecule has 1 aromatic carbocycles.